The van der Waals surface area contributed by atoms with Gasteiger partial charge in [0.15, 0.2) is 0 Å². The number of halogens is 1. The highest BCUT2D eigenvalue weighted by atomic mass is 35.5. The summed E-state index contributed by atoms with van der Waals surface area (Å²) < 4.78 is 5.99. The van der Waals surface area contributed by atoms with Crippen LogP contribution in [0.5, 0.6) is 0 Å². The van der Waals surface area contributed by atoms with E-state index in [1.807, 2.05) is 23.1 Å². The van der Waals surface area contributed by atoms with Gasteiger partial charge in [0.2, 0.25) is 0 Å². The topological polar surface area (TPSA) is 29.5 Å². The molecular formula is C19H20ClNO2. The Morgan fingerprint density at radius 3 is 2.61 bits per heavy atom. The molecule has 0 aromatic heterocycles. The van der Waals surface area contributed by atoms with Crippen molar-refractivity contribution in [3.05, 3.63) is 70.7 Å². The highest BCUT2D eigenvalue weighted by molar-refractivity contribution is 6.30. The van der Waals surface area contributed by atoms with E-state index in [0.717, 1.165) is 24.9 Å². The number of ether oxygens (including phenoxy) is 1. The summed E-state index contributed by atoms with van der Waals surface area (Å²) in [5, 5.41) is 0.643. The predicted molar refractivity (Wildman–Crippen MR) is 91.6 cm³/mol. The summed E-state index contributed by atoms with van der Waals surface area (Å²) in [6, 6.07) is 17.2. The Morgan fingerprint density at radius 2 is 1.87 bits per heavy atom. The van der Waals surface area contributed by atoms with E-state index in [1.165, 1.54) is 0 Å². The number of nitrogens with zero attached hydrogens (tertiary/aromatic N) is 1. The van der Waals surface area contributed by atoms with Gasteiger partial charge < -0.3 is 9.64 Å². The Labute approximate surface area is 141 Å². The summed E-state index contributed by atoms with van der Waals surface area (Å²) in [4.78, 5) is 14.4. The van der Waals surface area contributed by atoms with Gasteiger partial charge in [0.25, 0.3) is 5.91 Å². The summed E-state index contributed by atoms with van der Waals surface area (Å²) in [5.74, 6) is 0.0506. The monoisotopic (exact) mass is 329 g/mol. The van der Waals surface area contributed by atoms with E-state index >= 15 is 0 Å². The van der Waals surface area contributed by atoms with E-state index in [2.05, 4.69) is 12.1 Å². The third-order valence-corrected chi connectivity index (χ3v) is 4.34. The molecule has 3 nitrogen and oxygen atoms in total. The van der Waals surface area contributed by atoms with Crippen LogP contribution in [0, 0.1) is 0 Å². The molecule has 2 aromatic rings. The fraction of sp³-hybridized carbons (Fsp3) is 0.316. The van der Waals surface area contributed by atoms with Gasteiger partial charge in [0.1, 0.15) is 0 Å². The van der Waals surface area contributed by atoms with Gasteiger partial charge in [0, 0.05) is 23.7 Å². The molecule has 1 aliphatic heterocycles. The lowest BCUT2D eigenvalue weighted by molar-refractivity contribution is -0.00672. The zero-order chi connectivity index (χ0) is 16.1. The van der Waals surface area contributed by atoms with E-state index in [4.69, 9.17) is 16.3 Å². The van der Waals surface area contributed by atoms with Gasteiger partial charge in [-0.1, -0.05) is 41.9 Å². The van der Waals surface area contributed by atoms with Crippen LogP contribution in [-0.2, 0) is 11.3 Å². The fourth-order valence-corrected chi connectivity index (χ4v) is 2.95. The quantitative estimate of drug-likeness (QED) is 0.843. The van der Waals surface area contributed by atoms with Gasteiger partial charge in [-0.05, 0) is 42.7 Å². The maximum Gasteiger partial charge on any atom is 0.253 e. The minimum atomic E-state index is 0.0506. The van der Waals surface area contributed by atoms with Crippen molar-refractivity contribution in [3.8, 4) is 0 Å². The molecule has 0 unspecified atom stereocenters. The van der Waals surface area contributed by atoms with Crippen LogP contribution in [0.4, 0.5) is 0 Å². The molecule has 0 radical (unpaired) electrons. The van der Waals surface area contributed by atoms with Crippen molar-refractivity contribution in [2.45, 2.75) is 25.6 Å². The number of hydrogen-bond donors (Lipinski definition) is 0. The van der Waals surface area contributed by atoms with Crippen molar-refractivity contribution < 1.29 is 9.53 Å². The van der Waals surface area contributed by atoms with E-state index in [1.54, 1.807) is 24.3 Å². The molecule has 1 aliphatic rings. The van der Waals surface area contributed by atoms with Crippen LogP contribution in [-0.4, -0.2) is 30.0 Å². The zero-order valence-corrected chi connectivity index (χ0v) is 13.7. The van der Waals surface area contributed by atoms with Crippen LogP contribution in [0.1, 0.15) is 28.8 Å². The summed E-state index contributed by atoms with van der Waals surface area (Å²) in [6.07, 6.45) is 2.07. The van der Waals surface area contributed by atoms with Crippen LogP contribution in [0.25, 0.3) is 0 Å². The van der Waals surface area contributed by atoms with Crippen LogP contribution >= 0.6 is 11.6 Å². The van der Waals surface area contributed by atoms with Gasteiger partial charge in [-0.2, -0.15) is 0 Å². The maximum atomic E-state index is 12.6. The first-order valence-electron chi connectivity index (χ1n) is 7.93. The molecule has 23 heavy (non-hydrogen) atoms. The number of benzene rings is 2. The number of piperidine rings is 1. The standard InChI is InChI=1S/C19H20ClNO2/c20-17-10-8-16(9-11-17)19(22)21-12-4-7-18(13-21)23-14-15-5-2-1-3-6-15/h1-3,5-6,8-11,18H,4,7,12-14H2/t18-/m1/s1. The SMILES string of the molecule is O=C(c1ccc(Cl)cc1)N1CCC[C@@H](OCc2ccccc2)C1. The van der Waals surface area contributed by atoms with Gasteiger partial charge >= 0.3 is 0 Å². The van der Waals surface area contributed by atoms with Crippen molar-refractivity contribution in [1.82, 2.24) is 4.90 Å². The molecule has 0 saturated carbocycles. The first kappa shape index (κ1) is 16.0. The summed E-state index contributed by atoms with van der Waals surface area (Å²) in [7, 11) is 0. The molecule has 1 fully saturated rings. The van der Waals surface area contributed by atoms with Crippen molar-refractivity contribution in [2.24, 2.45) is 0 Å². The number of amides is 1. The second-order valence-corrected chi connectivity index (χ2v) is 6.26. The highest BCUT2D eigenvalue weighted by Gasteiger charge is 2.24. The second-order valence-electron chi connectivity index (χ2n) is 5.82. The van der Waals surface area contributed by atoms with E-state index < -0.39 is 0 Å². The van der Waals surface area contributed by atoms with E-state index in [-0.39, 0.29) is 12.0 Å². The average molecular weight is 330 g/mol. The molecule has 0 bridgehead atoms. The second kappa shape index (κ2) is 7.62. The molecule has 1 amide bonds. The van der Waals surface area contributed by atoms with Crippen LogP contribution in [0.15, 0.2) is 54.6 Å². The van der Waals surface area contributed by atoms with Crippen molar-refractivity contribution >= 4 is 17.5 Å². The van der Waals surface area contributed by atoms with Crippen LogP contribution in [0.2, 0.25) is 5.02 Å². The lowest BCUT2D eigenvalue weighted by Crippen LogP contribution is -2.43. The molecule has 0 aliphatic carbocycles. The lowest BCUT2D eigenvalue weighted by Gasteiger charge is -2.32. The maximum absolute atomic E-state index is 12.6. The first-order valence-corrected chi connectivity index (χ1v) is 8.30. The number of hydrogen-bond acceptors (Lipinski definition) is 2. The Morgan fingerprint density at radius 1 is 1.13 bits per heavy atom. The Balaban J connectivity index is 1.57. The first-order chi connectivity index (χ1) is 11.2. The molecular weight excluding hydrogens is 310 g/mol. The third-order valence-electron chi connectivity index (χ3n) is 4.09. The number of rotatable bonds is 4. The average Bonchev–Trinajstić information content (AvgIpc) is 2.61. The molecule has 3 rings (SSSR count). The molecule has 1 saturated heterocycles. The lowest BCUT2D eigenvalue weighted by atomic mass is 10.1. The summed E-state index contributed by atoms with van der Waals surface area (Å²) in [5.41, 5.74) is 1.84. The minimum Gasteiger partial charge on any atom is -0.372 e. The molecule has 0 N–H and O–H groups in total. The van der Waals surface area contributed by atoms with Crippen molar-refractivity contribution in [1.29, 1.82) is 0 Å². The van der Waals surface area contributed by atoms with Gasteiger partial charge in [-0.15, -0.1) is 0 Å². The largest absolute Gasteiger partial charge is 0.372 e. The molecule has 120 valence electrons. The minimum absolute atomic E-state index is 0.0506. The Bertz CT molecular complexity index is 642. The van der Waals surface area contributed by atoms with Gasteiger partial charge in [0.05, 0.1) is 12.7 Å². The number of carbonyl (C=O) groups excluding carboxylic acids is 1. The molecule has 4 heteroatoms. The molecule has 1 heterocycles. The van der Waals surface area contributed by atoms with Crippen molar-refractivity contribution in [3.63, 3.8) is 0 Å². The smallest absolute Gasteiger partial charge is 0.253 e. The fourth-order valence-electron chi connectivity index (χ4n) is 2.82. The molecule has 2 aromatic carbocycles. The van der Waals surface area contributed by atoms with Gasteiger partial charge in [-0.3, -0.25) is 4.79 Å². The summed E-state index contributed by atoms with van der Waals surface area (Å²) >= 11 is 5.88. The predicted octanol–water partition coefficient (Wildman–Crippen LogP) is 4.16. The van der Waals surface area contributed by atoms with Crippen LogP contribution in [0.3, 0.4) is 0 Å². The molecule has 1 atom stereocenters. The number of carbonyl (C=O) groups is 1. The third kappa shape index (κ3) is 4.34. The normalized spacial score (nSPS) is 18.0. The van der Waals surface area contributed by atoms with Crippen LogP contribution < -0.4 is 0 Å². The molecule has 0 spiro atoms. The zero-order valence-electron chi connectivity index (χ0n) is 13.0. The van der Waals surface area contributed by atoms with E-state index in [0.29, 0.717) is 23.7 Å². The Hall–Kier alpha value is -1.84. The van der Waals surface area contributed by atoms with Crippen molar-refractivity contribution in [2.75, 3.05) is 13.1 Å². The van der Waals surface area contributed by atoms with E-state index in [9.17, 15) is 4.79 Å². The highest BCUT2D eigenvalue weighted by Crippen LogP contribution is 2.18. The van der Waals surface area contributed by atoms with Gasteiger partial charge in [-0.25, -0.2) is 0 Å². The summed E-state index contributed by atoms with van der Waals surface area (Å²) in [6.45, 7) is 2.02. The number of likely N-dealkylation sites (tertiary alicyclic amines) is 1. The Kier molecular flexibility index (Phi) is 5.31.